The number of rotatable bonds is 3. The van der Waals surface area contributed by atoms with E-state index < -0.39 is 0 Å². The third-order valence-corrected chi connectivity index (χ3v) is 2.37. The molecule has 0 saturated carbocycles. The predicted molar refractivity (Wildman–Crippen MR) is 53.5 cm³/mol. The zero-order valence-electron chi connectivity index (χ0n) is 7.80. The molecule has 0 bridgehead atoms. The molecule has 0 heterocycles. The summed E-state index contributed by atoms with van der Waals surface area (Å²) in [6.07, 6.45) is 0. The molecule has 0 amide bonds. The van der Waals surface area contributed by atoms with Gasteiger partial charge in [0.2, 0.25) is 0 Å². The van der Waals surface area contributed by atoms with Crippen molar-refractivity contribution in [3.05, 3.63) is 28.3 Å². The quantitative estimate of drug-likeness (QED) is 0.812. The number of aliphatic hydroxyl groups is 1. The lowest BCUT2D eigenvalue weighted by Gasteiger charge is -2.08. The van der Waals surface area contributed by atoms with E-state index in [2.05, 4.69) is 0 Å². The van der Waals surface area contributed by atoms with E-state index in [0.29, 0.717) is 6.61 Å². The minimum atomic E-state index is 0.0285. The summed E-state index contributed by atoms with van der Waals surface area (Å²) < 4.78 is 5.26. The molecule has 0 spiro atoms. The van der Waals surface area contributed by atoms with E-state index in [1.807, 2.05) is 26.0 Å². The largest absolute Gasteiger partial charge is 0.491 e. The summed E-state index contributed by atoms with van der Waals surface area (Å²) in [5.74, 6) is 0.758. The van der Waals surface area contributed by atoms with Crippen LogP contribution in [0, 0.1) is 13.8 Å². The van der Waals surface area contributed by atoms with E-state index in [1.165, 1.54) is 0 Å². The fourth-order valence-electron chi connectivity index (χ4n) is 1.15. The van der Waals surface area contributed by atoms with Crippen molar-refractivity contribution in [1.82, 2.24) is 0 Å². The van der Waals surface area contributed by atoms with Gasteiger partial charge in [-0.15, -0.1) is 0 Å². The molecule has 0 radical (unpaired) electrons. The zero-order chi connectivity index (χ0) is 9.84. The summed E-state index contributed by atoms with van der Waals surface area (Å²) in [5.41, 5.74) is 1.99. The van der Waals surface area contributed by atoms with Gasteiger partial charge in [-0.2, -0.15) is 0 Å². The van der Waals surface area contributed by atoms with Gasteiger partial charge in [0.1, 0.15) is 12.4 Å². The number of benzene rings is 1. The first-order chi connectivity index (χ1) is 6.15. The summed E-state index contributed by atoms with van der Waals surface area (Å²) in [6.45, 7) is 4.21. The van der Waals surface area contributed by atoms with Crippen LogP contribution in [0.5, 0.6) is 5.75 Å². The van der Waals surface area contributed by atoms with E-state index in [9.17, 15) is 0 Å². The summed E-state index contributed by atoms with van der Waals surface area (Å²) in [7, 11) is 0. The Kier molecular flexibility index (Phi) is 3.58. The maximum Gasteiger partial charge on any atom is 0.120 e. The van der Waals surface area contributed by atoms with Crippen LogP contribution in [-0.4, -0.2) is 18.3 Å². The molecule has 1 aromatic rings. The van der Waals surface area contributed by atoms with Crippen LogP contribution in [0.2, 0.25) is 5.02 Å². The van der Waals surface area contributed by atoms with E-state index in [0.717, 1.165) is 21.9 Å². The molecule has 72 valence electrons. The second-order valence-corrected chi connectivity index (χ2v) is 3.32. The first-order valence-corrected chi connectivity index (χ1v) is 4.53. The van der Waals surface area contributed by atoms with Gasteiger partial charge >= 0.3 is 0 Å². The maximum absolute atomic E-state index is 8.57. The van der Waals surface area contributed by atoms with Crippen LogP contribution in [0.1, 0.15) is 11.1 Å². The van der Waals surface area contributed by atoms with Gasteiger partial charge in [0.05, 0.1) is 6.61 Å². The minimum absolute atomic E-state index is 0.0285. The van der Waals surface area contributed by atoms with Gasteiger partial charge in [0, 0.05) is 5.02 Å². The van der Waals surface area contributed by atoms with Crippen LogP contribution in [0.25, 0.3) is 0 Å². The Morgan fingerprint density at radius 3 is 2.31 bits per heavy atom. The van der Waals surface area contributed by atoms with E-state index in [4.69, 9.17) is 21.4 Å². The molecular formula is C10H13ClO2. The van der Waals surface area contributed by atoms with Crippen molar-refractivity contribution in [2.24, 2.45) is 0 Å². The number of aliphatic hydroxyl groups excluding tert-OH is 1. The average molecular weight is 201 g/mol. The minimum Gasteiger partial charge on any atom is -0.491 e. The number of ether oxygens (including phenoxy) is 1. The lowest BCUT2D eigenvalue weighted by atomic mass is 10.1. The van der Waals surface area contributed by atoms with Crippen molar-refractivity contribution in [2.75, 3.05) is 13.2 Å². The summed E-state index contributed by atoms with van der Waals surface area (Å²) in [6, 6.07) is 3.73. The number of aryl methyl sites for hydroxylation is 2. The molecule has 0 saturated heterocycles. The fraction of sp³-hybridized carbons (Fsp3) is 0.400. The van der Waals surface area contributed by atoms with Crippen LogP contribution in [-0.2, 0) is 0 Å². The van der Waals surface area contributed by atoms with Crippen LogP contribution >= 0.6 is 11.6 Å². The first-order valence-electron chi connectivity index (χ1n) is 4.15. The molecule has 0 aliphatic carbocycles. The van der Waals surface area contributed by atoms with Crippen molar-refractivity contribution in [3.63, 3.8) is 0 Å². The van der Waals surface area contributed by atoms with Crippen LogP contribution < -0.4 is 4.74 Å². The third kappa shape index (κ3) is 2.61. The molecular weight excluding hydrogens is 188 g/mol. The van der Waals surface area contributed by atoms with Gasteiger partial charge in [0.15, 0.2) is 0 Å². The molecule has 0 unspecified atom stereocenters. The van der Waals surface area contributed by atoms with Crippen molar-refractivity contribution < 1.29 is 9.84 Å². The molecule has 3 heteroatoms. The molecule has 0 fully saturated rings. The molecule has 0 aliphatic heterocycles. The van der Waals surface area contributed by atoms with Crippen molar-refractivity contribution in [1.29, 1.82) is 0 Å². The molecule has 0 atom stereocenters. The van der Waals surface area contributed by atoms with E-state index >= 15 is 0 Å². The molecule has 2 nitrogen and oxygen atoms in total. The molecule has 13 heavy (non-hydrogen) atoms. The topological polar surface area (TPSA) is 29.5 Å². The summed E-state index contributed by atoms with van der Waals surface area (Å²) in [4.78, 5) is 0. The zero-order valence-corrected chi connectivity index (χ0v) is 8.56. The lowest BCUT2D eigenvalue weighted by molar-refractivity contribution is 0.201. The smallest absolute Gasteiger partial charge is 0.120 e. The third-order valence-electron chi connectivity index (χ3n) is 1.77. The highest BCUT2D eigenvalue weighted by Crippen LogP contribution is 2.25. The molecule has 0 aromatic heterocycles. The summed E-state index contributed by atoms with van der Waals surface area (Å²) in [5, 5.41) is 9.34. The van der Waals surface area contributed by atoms with Gasteiger partial charge in [0.25, 0.3) is 0 Å². The predicted octanol–water partition coefficient (Wildman–Crippen LogP) is 2.33. The molecule has 1 aromatic carbocycles. The Hall–Kier alpha value is -0.730. The number of hydrogen-bond acceptors (Lipinski definition) is 2. The Bertz CT molecular complexity index is 274. The normalized spacial score (nSPS) is 10.2. The highest BCUT2D eigenvalue weighted by molar-refractivity contribution is 6.32. The van der Waals surface area contributed by atoms with E-state index in [-0.39, 0.29) is 6.61 Å². The van der Waals surface area contributed by atoms with Crippen LogP contribution in [0.3, 0.4) is 0 Å². The van der Waals surface area contributed by atoms with Crippen LogP contribution in [0.15, 0.2) is 12.1 Å². The molecule has 1 rings (SSSR count). The summed E-state index contributed by atoms with van der Waals surface area (Å²) >= 11 is 5.98. The number of halogens is 1. The Balaban J connectivity index is 2.86. The fourth-order valence-corrected chi connectivity index (χ4v) is 1.26. The lowest BCUT2D eigenvalue weighted by Crippen LogP contribution is -2.02. The number of hydrogen-bond donors (Lipinski definition) is 1. The molecule has 1 N–H and O–H groups in total. The van der Waals surface area contributed by atoms with Crippen molar-refractivity contribution >= 4 is 11.6 Å². The monoisotopic (exact) mass is 200 g/mol. The van der Waals surface area contributed by atoms with E-state index in [1.54, 1.807) is 0 Å². The highest BCUT2D eigenvalue weighted by Gasteiger charge is 2.02. The molecule has 0 aliphatic rings. The SMILES string of the molecule is Cc1cc(OCCO)cc(C)c1Cl. The average Bonchev–Trinajstić information content (AvgIpc) is 2.10. The second kappa shape index (κ2) is 4.49. The van der Waals surface area contributed by atoms with Crippen molar-refractivity contribution in [3.8, 4) is 5.75 Å². The highest BCUT2D eigenvalue weighted by atomic mass is 35.5. The van der Waals surface area contributed by atoms with Gasteiger partial charge in [-0.25, -0.2) is 0 Å². The van der Waals surface area contributed by atoms with Gasteiger partial charge in [-0.1, -0.05) is 11.6 Å². The Morgan fingerprint density at radius 1 is 1.31 bits per heavy atom. The van der Waals surface area contributed by atoms with Gasteiger partial charge in [-0.05, 0) is 37.1 Å². The maximum atomic E-state index is 8.57. The van der Waals surface area contributed by atoms with Crippen molar-refractivity contribution in [2.45, 2.75) is 13.8 Å². The van der Waals surface area contributed by atoms with Crippen LogP contribution in [0.4, 0.5) is 0 Å². The first kappa shape index (κ1) is 10.4. The Morgan fingerprint density at radius 2 is 1.85 bits per heavy atom. The van der Waals surface area contributed by atoms with Gasteiger partial charge < -0.3 is 9.84 Å². The standard InChI is InChI=1S/C10H13ClO2/c1-7-5-9(13-4-3-12)6-8(2)10(7)11/h5-6,12H,3-4H2,1-2H3. The van der Waals surface area contributed by atoms with Gasteiger partial charge in [-0.3, -0.25) is 0 Å². The Labute approximate surface area is 83.1 Å². The second-order valence-electron chi connectivity index (χ2n) is 2.94.